The highest BCUT2D eigenvalue weighted by molar-refractivity contribution is 6.62. The van der Waals surface area contributed by atoms with Crippen LogP contribution in [0.4, 0.5) is 4.39 Å². The van der Waals surface area contributed by atoms with Crippen molar-refractivity contribution in [2.24, 2.45) is 0 Å². The molecule has 0 N–H and O–H groups in total. The van der Waals surface area contributed by atoms with Gasteiger partial charge in [-0.25, -0.2) is 9.37 Å². The van der Waals surface area contributed by atoms with Gasteiger partial charge in [-0.3, -0.25) is 0 Å². The molecule has 0 atom stereocenters. The Kier molecular flexibility index (Phi) is 3.20. The van der Waals surface area contributed by atoms with Crippen LogP contribution in [-0.2, 0) is 9.31 Å². The van der Waals surface area contributed by atoms with Gasteiger partial charge in [0, 0.05) is 11.7 Å². The molecule has 1 saturated heterocycles. The summed E-state index contributed by atoms with van der Waals surface area (Å²) in [4.78, 5) is 3.81. The molecule has 98 valence electrons. The average molecular weight is 272 g/mol. The van der Waals surface area contributed by atoms with E-state index in [-0.39, 0.29) is 5.15 Å². The molecule has 0 radical (unpaired) electrons. The Morgan fingerprint density at radius 3 is 2.22 bits per heavy atom. The molecule has 0 amide bonds. The van der Waals surface area contributed by atoms with Crippen LogP contribution in [0, 0.1) is 12.7 Å². The van der Waals surface area contributed by atoms with E-state index < -0.39 is 24.1 Å². The monoisotopic (exact) mass is 271 g/mol. The zero-order valence-corrected chi connectivity index (χ0v) is 11.9. The largest absolute Gasteiger partial charge is 0.496 e. The fourth-order valence-corrected chi connectivity index (χ4v) is 1.96. The molecule has 0 bridgehead atoms. The van der Waals surface area contributed by atoms with Gasteiger partial charge >= 0.3 is 7.12 Å². The van der Waals surface area contributed by atoms with E-state index in [0.29, 0.717) is 11.0 Å². The highest BCUT2D eigenvalue weighted by Crippen LogP contribution is 2.36. The molecule has 0 saturated carbocycles. The molecule has 0 aromatic carbocycles. The van der Waals surface area contributed by atoms with E-state index in [1.807, 2.05) is 27.7 Å². The number of pyridine rings is 1. The van der Waals surface area contributed by atoms with Gasteiger partial charge in [0.15, 0.2) is 11.0 Å². The second kappa shape index (κ2) is 4.18. The van der Waals surface area contributed by atoms with Crippen molar-refractivity contribution in [3.63, 3.8) is 0 Å². The summed E-state index contributed by atoms with van der Waals surface area (Å²) in [5, 5.41) is -0.132. The van der Waals surface area contributed by atoms with Crippen molar-refractivity contribution in [3.05, 3.63) is 22.7 Å². The number of aromatic nitrogens is 1. The van der Waals surface area contributed by atoms with Crippen LogP contribution in [0.2, 0.25) is 5.15 Å². The van der Waals surface area contributed by atoms with E-state index in [0.717, 1.165) is 0 Å². The Morgan fingerprint density at radius 1 is 1.22 bits per heavy atom. The predicted octanol–water partition coefficient (Wildman–Crippen LogP) is 2.48. The minimum atomic E-state index is -0.616. The summed E-state index contributed by atoms with van der Waals surface area (Å²) in [5.41, 5.74) is 0.0736. The number of halogens is 2. The van der Waals surface area contributed by atoms with Crippen LogP contribution in [-0.4, -0.2) is 23.3 Å². The van der Waals surface area contributed by atoms with Crippen molar-refractivity contribution in [1.29, 1.82) is 0 Å². The van der Waals surface area contributed by atoms with Gasteiger partial charge in [-0.05, 0) is 40.2 Å². The van der Waals surface area contributed by atoms with Crippen molar-refractivity contribution in [2.45, 2.75) is 45.8 Å². The summed E-state index contributed by atoms with van der Waals surface area (Å²) in [6.07, 6.45) is 1.50. The van der Waals surface area contributed by atoms with Crippen LogP contribution in [0.5, 0.6) is 0 Å². The number of nitrogens with zero attached hydrogens (tertiary/aromatic N) is 1. The fourth-order valence-electron chi connectivity index (χ4n) is 1.77. The molecule has 0 unspecified atom stereocenters. The van der Waals surface area contributed by atoms with Crippen molar-refractivity contribution in [1.82, 2.24) is 4.98 Å². The normalized spacial score (nSPS) is 21.4. The Labute approximate surface area is 112 Å². The van der Waals surface area contributed by atoms with Crippen LogP contribution < -0.4 is 5.46 Å². The van der Waals surface area contributed by atoms with Crippen LogP contribution in [0.15, 0.2) is 6.20 Å². The minimum absolute atomic E-state index is 0.132. The second-order valence-electron chi connectivity index (χ2n) is 5.53. The van der Waals surface area contributed by atoms with Crippen molar-refractivity contribution in [3.8, 4) is 0 Å². The first-order chi connectivity index (χ1) is 8.16. The summed E-state index contributed by atoms with van der Waals surface area (Å²) in [6.45, 7) is 9.43. The molecule has 2 rings (SSSR count). The number of hydrogen-bond donors (Lipinski definition) is 0. The lowest BCUT2D eigenvalue weighted by atomic mass is 9.77. The first kappa shape index (κ1) is 13.8. The molecule has 0 aliphatic carbocycles. The Hall–Kier alpha value is -0.645. The third-order valence-electron chi connectivity index (χ3n) is 3.77. The first-order valence-corrected chi connectivity index (χ1v) is 6.19. The van der Waals surface area contributed by atoms with Crippen LogP contribution >= 0.6 is 11.6 Å². The predicted molar refractivity (Wildman–Crippen MR) is 69.7 cm³/mol. The Bertz CT molecular complexity index is 477. The molecular weight excluding hydrogens is 255 g/mol. The van der Waals surface area contributed by atoms with Crippen LogP contribution in [0.3, 0.4) is 0 Å². The van der Waals surface area contributed by atoms with Gasteiger partial charge in [0.25, 0.3) is 0 Å². The molecule has 1 aliphatic rings. The van der Waals surface area contributed by atoms with Gasteiger partial charge in [-0.15, -0.1) is 0 Å². The van der Waals surface area contributed by atoms with Gasteiger partial charge in [0.05, 0.1) is 11.2 Å². The molecule has 1 aromatic heterocycles. The average Bonchev–Trinajstić information content (AvgIpc) is 2.45. The lowest BCUT2D eigenvalue weighted by Gasteiger charge is -2.32. The van der Waals surface area contributed by atoms with E-state index >= 15 is 0 Å². The minimum Gasteiger partial charge on any atom is -0.399 e. The van der Waals surface area contributed by atoms with Crippen LogP contribution in [0.25, 0.3) is 0 Å². The molecular formula is C12H16BClFNO2. The third kappa shape index (κ3) is 2.04. The van der Waals surface area contributed by atoms with E-state index in [1.165, 1.54) is 6.20 Å². The zero-order valence-electron chi connectivity index (χ0n) is 11.2. The second-order valence-corrected chi connectivity index (χ2v) is 5.89. The maximum absolute atomic E-state index is 13.7. The van der Waals surface area contributed by atoms with E-state index in [9.17, 15) is 4.39 Å². The summed E-state index contributed by atoms with van der Waals surface area (Å²) in [6, 6.07) is 0. The third-order valence-corrected chi connectivity index (χ3v) is 4.03. The molecule has 18 heavy (non-hydrogen) atoms. The zero-order chi connectivity index (χ0) is 13.7. The van der Waals surface area contributed by atoms with Gasteiger partial charge in [-0.2, -0.15) is 0 Å². The van der Waals surface area contributed by atoms with Crippen LogP contribution in [0.1, 0.15) is 33.3 Å². The molecule has 0 spiro atoms. The van der Waals surface area contributed by atoms with Gasteiger partial charge in [0.1, 0.15) is 0 Å². The van der Waals surface area contributed by atoms with Crippen molar-refractivity contribution >= 4 is 24.2 Å². The Balaban J connectivity index is 2.39. The summed E-state index contributed by atoms with van der Waals surface area (Å²) in [7, 11) is -0.616. The van der Waals surface area contributed by atoms with Gasteiger partial charge in [0.2, 0.25) is 0 Å². The molecule has 1 aliphatic heterocycles. The lowest BCUT2D eigenvalue weighted by Crippen LogP contribution is -2.41. The number of hydrogen-bond acceptors (Lipinski definition) is 3. The molecule has 1 fully saturated rings. The lowest BCUT2D eigenvalue weighted by molar-refractivity contribution is 0.00578. The van der Waals surface area contributed by atoms with E-state index in [1.54, 1.807) is 6.92 Å². The van der Waals surface area contributed by atoms with Crippen molar-refractivity contribution < 1.29 is 13.7 Å². The van der Waals surface area contributed by atoms with Gasteiger partial charge in [-0.1, -0.05) is 11.6 Å². The highest BCUT2D eigenvalue weighted by atomic mass is 35.5. The van der Waals surface area contributed by atoms with E-state index in [4.69, 9.17) is 20.9 Å². The summed E-state index contributed by atoms with van der Waals surface area (Å²) < 4.78 is 25.4. The smallest absolute Gasteiger partial charge is 0.399 e. The first-order valence-electron chi connectivity index (χ1n) is 5.82. The Morgan fingerprint density at radius 2 is 1.72 bits per heavy atom. The molecule has 6 heteroatoms. The molecule has 3 nitrogen and oxygen atoms in total. The summed E-state index contributed by atoms with van der Waals surface area (Å²) in [5.74, 6) is -0.524. The molecule has 1 aromatic rings. The standard InChI is InChI=1S/C12H16BClFNO2/c1-7-8(6-16-10(14)9(7)15)13-17-11(2,3)12(4,5)18-13/h6H,1-5H3. The quantitative estimate of drug-likeness (QED) is 0.581. The fraction of sp³-hybridized carbons (Fsp3) is 0.583. The maximum atomic E-state index is 13.7. The van der Waals surface area contributed by atoms with Crippen molar-refractivity contribution in [2.75, 3.05) is 0 Å². The topological polar surface area (TPSA) is 31.4 Å². The summed E-state index contributed by atoms with van der Waals surface area (Å²) >= 11 is 5.64. The SMILES string of the molecule is Cc1c(B2OC(C)(C)C(C)(C)O2)cnc(Cl)c1F. The molecule has 2 heterocycles. The maximum Gasteiger partial charge on any atom is 0.496 e. The number of rotatable bonds is 1. The van der Waals surface area contributed by atoms with E-state index in [2.05, 4.69) is 4.98 Å². The van der Waals surface area contributed by atoms with Gasteiger partial charge < -0.3 is 9.31 Å². The highest BCUT2D eigenvalue weighted by Gasteiger charge is 2.52.